The van der Waals surface area contributed by atoms with Crippen molar-refractivity contribution >= 4 is 17.5 Å². The zero-order chi connectivity index (χ0) is 36.3. The number of nitrogens with one attached hydrogen (secondary N) is 2. The first-order valence-corrected chi connectivity index (χ1v) is 19.4. The van der Waals surface area contributed by atoms with Gasteiger partial charge in [0.15, 0.2) is 0 Å². The quantitative estimate of drug-likeness (QED) is 0.149. The Bertz CT molecular complexity index is 1950. The van der Waals surface area contributed by atoms with E-state index in [1.165, 1.54) is 35.1 Å². The van der Waals surface area contributed by atoms with Crippen molar-refractivity contribution < 1.29 is 19.4 Å². The lowest BCUT2D eigenvalue weighted by Crippen LogP contribution is -2.49. The van der Waals surface area contributed by atoms with Crippen LogP contribution in [0.5, 0.6) is 11.5 Å². The molecule has 0 saturated carbocycles. The lowest BCUT2D eigenvalue weighted by molar-refractivity contribution is -0.126. The topological polar surface area (TPSA) is 94.1 Å². The Labute approximate surface area is 312 Å². The molecule has 8 nitrogen and oxygen atoms in total. The van der Waals surface area contributed by atoms with Crippen LogP contribution < -0.4 is 15.4 Å². The molecule has 8 rings (SSSR count). The fourth-order valence-corrected chi connectivity index (χ4v) is 9.03. The third-order valence-corrected chi connectivity index (χ3v) is 12.0. The summed E-state index contributed by atoms with van der Waals surface area (Å²) in [4.78, 5) is 29.8. The molecule has 0 aromatic heterocycles. The number of fused-ring (bicyclic) bond motifs is 2. The lowest BCUT2D eigenvalue weighted by atomic mass is 9.69. The average Bonchev–Trinajstić information content (AvgIpc) is 3.50. The highest BCUT2D eigenvalue weighted by atomic mass is 16.5. The minimum atomic E-state index is -0.432. The number of aromatic hydroxyl groups is 1. The summed E-state index contributed by atoms with van der Waals surface area (Å²) >= 11 is 0. The van der Waals surface area contributed by atoms with E-state index in [1.807, 2.05) is 24.3 Å². The van der Waals surface area contributed by atoms with Crippen LogP contribution in [0.2, 0.25) is 0 Å². The van der Waals surface area contributed by atoms with Gasteiger partial charge in [0.25, 0.3) is 5.91 Å². The second-order valence-corrected chi connectivity index (χ2v) is 15.3. The molecule has 3 atom stereocenters. The van der Waals surface area contributed by atoms with Gasteiger partial charge in [0.05, 0.1) is 0 Å². The number of aryl methyl sites for hydroxylation is 1. The van der Waals surface area contributed by atoms with Crippen LogP contribution >= 0.6 is 0 Å². The highest BCUT2D eigenvalue weighted by molar-refractivity contribution is 6.01. The molecule has 2 fully saturated rings. The number of allylic oxidation sites excluding steroid dienone is 1. The van der Waals surface area contributed by atoms with Crippen LogP contribution in [0.25, 0.3) is 0 Å². The highest BCUT2D eigenvalue weighted by Gasteiger charge is 2.38. The predicted molar refractivity (Wildman–Crippen MR) is 208 cm³/mol. The van der Waals surface area contributed by atoms with E-state index in [0.717, 1.165) is 68.1 Å². The number of carbonyl (C=O) groups is 2. The molecule has 0 bridgehead atoms. The predicted octanol–water partition coefficient (Wildman–Crippen LogP) is 7.60. The van der Waals surface area contributed by atoms with Crippen molar-refractivity contribution in [3.8, 4) is 11.5 Å². The summed E-state index contributed by atoms with van der Waals surface area (Å²) in [5, 5.41) is 16.6. The molecule has 2 saturated heterocycles. The molecule has 4 aromatic rings. The van der Waals surface area contributed by atoms with E-state index >= 15 is 0 Å². The third kappa shape index (κ3) is 7.70. The van der Waals surface area contributed by atoms with Crippen molar-refractivity contribution in [2.24, 2.45) is 5.92 Å². The molecule has 0 spiro atoms. The number of rotatable bonds is 11. The minimum absolute atomic E-state index is 0.0595. The van der Waals surface area contributed by atoms with Gasteiger partial charge in [0.1, 0.15) is 24.1 Å². The number of piperidine rings is 2. The first kappa shape index (κ1) is 35.0. The number of carbonyl (C=O) groups excluding carboxylic acids is 2. The number of hydrogen-bond donors (Lipinski definition) is 3. The number of hydrogen-bond acceptors (Lipinski definition) is 6. The first-order chi connectivity index (χ1) is 25.9. The summed E-state index contributed by atoms with van der Waals surface area (Å²) in [5.74, 6) is 2.36. The summed E-state index contributed by atoms with van der Waals surface area (Å²) < 4.78 is 6.25. The zero-order valence-electron chi connectivity index (χ0n) is 30.4. The Hall–Kier alpha value is -5.08. The molecule has 1 aliphatic carbocycles. The number of nitrogens with zero attached hydrogens (tertiary/aromatic N) is 2. The summed E-state index contributed by atoms with van der Waals surface area (Å²) in [7, 11) is 0. The summed E-state index contributed by atoms with van der Waals surface area (Å²) in [6, 6.07) is 30.9. The van der Waals surface area contributed by atoms with E-state index in [-0.39, 0.29) is 17.7 Å². The van der Waals surface area contributed by atoms with Gasteiger partial charge < -0.3 is 25.4 Å². The number of ether oxygens (including phenoxy) is 1. The fourth-order valence-electron chi connectivity index (χ4n) is 9.03. The van der Waals surface area contributed by atoms with E-state index in [4.69, 9.17) is 4.74 Å². The summed E-state index contributed by atoms with van der Waals surface area (Å²) in [6.45, 7) is 8.99. The van der Waals surface area contributed by atoms with Crippen LogP contribution in [0, 0.1) is 5.92 Å². The second-order valence-electron chi connectivity index (χ2n) is 15.3. The Morgan fingerprint density at radius 2 is 1.66 bits per heavy atom. The third-order valence-electron chi connectivity index (χ3n) is 12.0. The monoisotopic (exact) mass is 710 g/mol. The smallest absolute Gasteiger partial charge is 0.255 e. The maximum Gasteiger partial charge on any atom is 0.255 e. The van der Waals surface area contributed by atoms with Crippen molar-refractivity contribution in [1.29, 1.82) is 0 Å². The van der Waals surface area contributed by atoms with E-state index in [2.05, 4.69) is 88.8 Å². The fraction of sp³-hybridized carbons (Fsp3) is 0.378. The molecule has 53 heavy (non-hydrogen) atoms. The molecule has 3 heterocycles. The van der Waals surface area contributed by atoms with Crippen molar-refractivity contribution in [3.05, 3.63) is 137 Å². The van der Waals surface area contributed by atoms with Crippen LogP contribution in [-0.4, -0.2) is 65.5 Å². The van der Waals surface area contributed by atoms with E-state index in [1.54, 1.807) is 4.90 Å². The largest absolute Gasteiger partial charge is 0.508 e. The molecule has 1 unspecified atom stereocenters. The number of phenolic OH excluding ortho intramolecular Hbond substituents is 1. The Morgan fingerprint density at radius 3 is 2.45 bits per heavy atom. The average molecular weight is 711 g/mol. The molecule has 3 aliphatic heterocycles. The maximum absolute atomic E-state index is 13.1. The Balaban J connectivity index is 0.778. The van der Waals surface area contributed by atoms with Crippen LogP contribution in [0.15, 0.2) is 103 Å². The second kappa shape index (κ2) is 15.5. The van der Waals surface area contributed by atoms with Crippen LogP contribution in [-0.2, 0) is 17.8 Å². The Kier molecular flexibility index (Phi) is 10.2. The lowest BCUT2D eigenvalue weighted by Gasteiger charge is -2.35. The molecule has 8 heteroatoms. The summed E-state index contributed by atoms with van der Waals surface area (Å²) in [5.41, 5.74) is 8.64. The first-order valence-electron chi connectivity index (χ1n) is 19.4. The maximum atomic E-state index is 13.1. The van der Waals surface area contributed by atoms with Gasteiger partial charge in [0.2, 0.25) is 5.91 Å². The number of amides is 2. The normalized spacial score (nSPS) is 21.9. The molecule has 4 aromatic carbocycles. The molecule has 274 valence electrons. The molecule has 0 radical (unpaired) electrons. The van der Waals surface area contributed by atoms with E-state index in [9.17, 15) is 14.7 Å². The minimum Gasteiger partial charge on any atom is -0.508 e. The van der Waals surface area contributed by atoms with Gasteiger partial charge in [-0.1, -0.05) is 55.1 Å². The SMILES string of the molecule is C=C1CCC(N2Cc3cc(NCCC4CCN(CCOc5ccc([C@H]6c7ccc(O)cc7CC[C@H]6c6ccccc6)cc5)CC4)ccc3C2=O)C(=O)N1. The molecule has 3 N–H and O–H groups in total. The van der Waals surface area contributed by atoms with Gasteiger partial charge in [-0.2, -0.15) is 0 Å². The van der Waals surface area contributed by atoms with Crippen LogP contribution in [0.1, 0.15) is 88.5 Å². The highest BCUT2D eigenvalue weighted by Crippen LogP contribution is 2.47. The van der Waals surface area contributed by atoms with Crippen molar-refractivity contribution in [1.82, 2.24) is 15.1 Å². The molecular formula is C45H50N4O4. The van der Waals surface area contributed by atoms with Gasteiger partial charge in [-0.25, -0.2) is 0 Å². The zero-order valence-corrected chi connectivity index (χ0v) is 30.4. The number of phenols is 1. The van der Waals surface area contributed by atoms with Crippen molar-refractivity contribution in [2.75, 3.05) is 38.1 Å². The number of likely N-dealkylation sites (tertiary alicyclic amines) is 1. The van der Waals surface area contributed by atoms with Crippen molar-refractivity contribution in [3.63, 3.8) is 0 Å². The van der Waals surface area contributed by atoms with E-state index < -0.39 is 6.04 Å². The molecule has 4 aliphatic rings. The summed E-state index contributed by atoms with van der Waals surface area (Å²) in [6.07, 6.45) is 6.82. The number of benzene rings is 4. The molecule has 2 amide bonds. The van der Waals surface area contributed by atoms with E-state index in [0.29, 0.717) is 49.1 Å². The van der Waals surface area contributed by atoms with Crippen LogP contribution in [0.4, 0.5) is 5.69 Å². The number of anilines is 1. The standard InChI is InChI=1S/C45H50N4O4/c1-30-7-18-42(44(51)47-30)49-29-35-27-36(11-16-41(35)45(49)52)46-22-19-31-20-23-48(24-21-31)25-26-53-38-13-8-33(9-14-38)43-39(32-5-3-2-4-6-32)15-10-34-28-37(50)12-17-40(34)43/h2-6,8-9,11-14,16-17,27-28,31,39,42-43,46,50H,1,7,10,15,18-26,29H2,(H,47,51)/t39-,42?,43+/m0/s1. The Morgan fingerprint density at radius 1 is 0.849 bits per heavy atom. The van der Waals surface area contributed by atoms with Gasteiger partial charge >= 0.3 is 0 Å². The van der Waals surface area contributed by atoms with Gasteiger partial charge in [0, 0.05) is 42.5 Å². The molecular weight excluding hydrogens is 661 g/mol. The van der Waals surface area contributed by atoms with Crippen molar-refractivity contribution in [2.45, 2.75) is 69.4 Å². The van der Waals surface area contributed by atoms with Gasteiger partial charge in [-0.05, 0) is 140 Å². The van der Waals surface area contributed by atoms with Crippen LogP contribution in [0.3, 0.4) is 0 Å². The van der Waals surface area contributed by atoms with Gasteiger partial charge in [-0.3, -0.25) is 14.5 Å². The van der Waals surface area contributed by atoms with Gasteiger partial charge in [-0.15, -0.1) is 0 Å².